The van der Waals surface area contributed by atoms with E-state index in [9.17, 15) is 19.5 Å². The molecule has 2 aromatic heterocycles. The first-order valence-electron chi connectivity index (χ1n) is 10.7. The molecule has 4 rings (SSSR count). The number of carbonyl (C=O) groups excluding carboxylic acids is 2. The number of hydrogen-bond acceptors (Lipinski definition) is 15. The largest absolute Gasteiger partial charge is 0.477 e. The number of thiazole rings is 1. The van der Waals surface area contributed by atoms with Crippen molar-refractivity contribution in [2.45, 2.75) is 23.1 Å². The second-order valence-corrected chi connectivity index (χ2v) is 10.4. The quantitative estimate of drug-likeness (QED) is 0.0605. The topological polar surface area (TPSA) is 237 Å². The van der Waals surface area contributed by atoms with Gasteiger partial charge in [-0.15, -0.1) is 28.2 Å². The number of fused-ring (bicyclic) bond motifs is 1. The summed E-state index contributed by atoms with van der Waals surface area (Å²) >= 11 is 3.61. The van der Waals surface area contributed by atoms with Gasteiger partial charge in [-0.05, 0) is 16.0 Å². The zero-order chi connectivity index (χ0) is 26.5. The first-order valence-corrected chi connectivity index (χ1v) is 13.6. The number of hydrogen-bond donors (Lipinski definition) is 5. The summed E-state index contributed by atoms with van der Waals surface area (Å²) < 4.78 is 1.40. The minimum atomic E-state index is -1.26. The van der Waals surface area contributed by atoms with Crippen LogP contribution in [0, 0.1) is 0 Å². The molecule has 16 nitrogen and oxygen atoms in total. The monoisotopic (exact) mass is 570 g/mol. The van der Waals surface area contributed by atoms with Gasteiger partial charge in [-0.1, -0.05) is 16.9 Å². The standard InChI is InChI=1S/C18H22N10O6S3/c19-1-4-34-24-10(9-7-36-17(20)21-9)13(30)22-11-14(31)28-12(16(32)33)8(5-35-15(11)28)6-37-18-23-25-26-27(18)2-3-29/h7,11,15,29H,1-6,19H2,(H2,20,21)(H,22,30)(H,32,33)/t11?,15-/m0/s1. The van der Waals surface area contributed by atoms with Gasteiger partial charge in [-0.3, -0.25) is 14.5 Å². The molecule has 0 spiro atoms. The number of nitrogens with zero attached hydrogens (tertiary/aromatic N) is 7. The number of carboxylic acid groups (broad SMARTS) is 1. The van der Waals surface area contributed by atoms with Crippen LogP contribution in [0.15, 0.2) is 27.0 Å². The fourth-order valence-corrected chi connectivity index (χ4v) is 6.39. The molecular weight excluding hydrogens is 548 g/mol. The number of aliphatic hydroxyl groups excluding tert-OH is 1. The Morgan fingerprint density at radius 3 is 2.89 bits per heavy atom. The van der Waals surface area contributed by atoms with Gasteiger partial charge < -0.3 is 31.8 Å². The van der Waals surface area contributed by atoms with Crippen molar-refractivity contribution in [2.24, 2.45) is 10.9 Å². The molecule has 2 aliphatic heterocycles. The number of nitrogen functional groups attached to an aromatic ring is 1. The molecule has 0 bridgehead atoms. The highest BCUT2D eigenvalue weighted by atomic mass is 32.2. The van der Waals surface area contributed by atoms with Gasteiger partial charge in [0, 0.05) is 23.4 Å². The number of carbonyl (C=O) groups is 3. The third-order valence-corrected chi connectivity index (χ3v) is 8.12. The summed E-state index contributed by atoms with van der Waals surface area (Å²) in [6.07, 6.45) is 0. The maximum Gasteiger partial charge on any atom is 0.352 e. The Balaban J connectivity index is 1.48. The minimum Gasteiger partial charge on any atom is -0.477 e. The predicted molar refractivity (Wildman–Crippen MR) is 133 cm³/mol. The Morgan fingerprint density at radius 1 is 1.41 bits per heavy atom. The number of aromatic nitrogens is 5. The van der Waals surface area contributed by atoms with Crippen molar-refractivity contribution in [2.75, 3.05) is 37.0 Å². The van der Waals surface area contributed by atoms with Crippen LogP contribution in [0.25, 0.3) is 0 Å². The Bertz CT molecular complexity index is 1250. The molecular formula is C18H22N10O6S3. The Morgan fingerprint density at radius 2 is 2.22 bits per heavy atom. The van der Waals surface area contributed by atoms with Gasteiger partial charge in [0.1, 0.15) is 29.4 Å². The molecule has 1 saturated heterocycles. The van der Waals surface area contributed by atoms with E-state index in [1.165, 1.54) is 33.6 Å². The summed E-state index contributed by atoms with van der Waals surface area (Å²) in [6, 6.07) is -0.978. The summed E-state index contributed by atoms with van der Waals surface area (Å²) in [5.41, 5.74) is 11.4. The van der Waals surface area contributed by atoms with Crippen molar-refractivity contribution in [3.8, 4) is 0 Å². The highest BCUT2D eigenvalue weighted by Gasteiger charge is 2.54. The van der Waals surface area contributed by atoms with E-state index in [4.69, 9.17) is 21.4 Å². The van der Waals surface area contributed by atoms with Crippen LogP contribution in [0.3, 0.4) is 0 Å². The second kappa shape index (κ2) is 11.9. The van der Waals surface area contributed by atoms with Gasteiger partial charge in [-0.2, -0.15) is 0 Å². The number of aliphatic hydroxyl groups is 1. The molecule has 7 N–H and O–H groups in total. The molecule has 19 heteroatoms. The smallest absolute Gasteiger partial charge is 0.352 e. The maximum atomic E-state index is 13.0. The van der Waals surface area contributed by atoms with Crippen LogP contribution in [-0.2, 0) is 25.8 Å². The van der Waals surface area contributed by atoms with Crippen molar-refractivity contribution >= 4 is 63.5 Å². The lowest BCUT2D eigenvalue weighted by atomic mass is 10.0. The normalized spacial score (nSPS) is 19.5. The molecule has 2 aliphatic rings. The Hall–Kier alpha value is -3.26. The lowest BCUT2D eigenvalue weighted by Crippen LogP contribution is -2.71. The van der Waals surface area contributed by atoms with Crippen LogP contribution < -0.4 is 16.8 Å². The van der Waals surface area contributed by atoms with Crippen LogP contribution in [-0.4, -0.2) is 106 Å². The lowest BCUT2D eigenvalue weighted by molar-refractivity contribution is -0.150. The van der Waals surface area contributed by atoms with Gasteiger partial charge in [0.15, 0.2) is 10.8 Å². The molecule has 2 aromatic rings. The number of amides is 2. The highest BCUT2D eigenvalue weighted by molar-refractivity contribution is 8.01. The van der Waals surface area contributed by atoms with Crippen LogP contribution in [0.5, 0.6) is 0 Å². The highest BCUT2D eigenvalue weighted by Crippen LogP contribution is 2.41. The molecule has 37 heavy (non-hydrogen) atoms. The minimum absolute atomic E-state index is 0.0605. The first kappa shape index (κ1) is 26.8. The molecule has 0 aliphatic carbocycles. The number of anilines is 1. The van der Waals surface area contributed by atoms with Gasteiger partial charge in [0.05, 0.1) is 13.2 Å². The molecule has 2 atom stereocenters. The lowest BCUT2D eigenvalue weighted by Gasteiger charge is -2.49. The summed E-state index contributed by atoms with van der Waals surface area (Å²) in [5, 5.41) is 38.1. The summed E-state index contributed by atoms with van der Waals surface area (Å²) in [7, 11) is 0. The zero-order valence-corrected chi connectivity index (χ0v) is 21.5. The van der Waals surface area contributed by atoms with Gasteiger partial charge in [0.25, 0.3) is 11.8 Å². The first-order chi connectivity index (χ1) is 17.8. The number of tetrazole rings is 1. The Labute approximate surface area is 221 Å². The van der Waals surface area contributed by atoms with Gasteiger partial charge in [0.2, 0.25) is 5.16 Å². The van der Waals surface area contributed by atoms with E-state index in [2.05, 4.69) is 31.0 Å². The molecule has 198 valence electrons. The van der Waals surface area contributed by atoms with E-state index in [0.29, 0.717) is 16.5 Å². The number of nitrogens with one attached hydrogen (secondary N) is 1. The molecule has 0 aromatic carbocycles. The number of β-lactam (4-membered cyclic amide) rings is 1. The average molecular weight is 571 g/mol. The average Bonchev–Trinajstić information content (AvgIpc) is 3.51. The third-order valence-electron chi connectivity index (χ3n) is 5.07. The molecule has 1 fully saturated rings. The van der Waals surface area contributed by atoms with Crippen molar-refractivity contribution in [1.82, 2.24) is 35.4 Å². The third kappa shape index (κ3) is 5.69. The van der Waals surface area contributed by atoms with Crippen molar-refractivity contribution in [3.63, 3.8) is 0 Å². The molecule has 2 amide bonds. The predicted octanol–water partition coefficient (Wildman–Crippen LogP) is -2.09. The molecule has 0 saturated carbocycles. The second-order valence-electron chi connectivity index (χ2n) is 7.45. The van der Waals surface area contributed by atoms with Gasteiger partial charge in [-0.25, -0.2) is 14.5 Å². The molecule has 1 unspecified atom stereocenters. The zero-order valence-electron chi connectivity index (χ0n) is 19.0. The maximum absolute atomic E-state index is 13.0. The Kier molecular flexibility index (Phi) is 8.59. The van der Waals surface area contributed by atoms with Crippen molar-refractivity contribution in [1.29, 1.82) is 0 Å². The number of aliphatic carboxylic acids is 1. The SMILES string of the molecule is NCCON=C(C(=O)NC1C(=O)N2C(C(=O)O)=C(CSc3nnnn3CCO)CS[C@@H]12)c1csc(N)n1. The van der Waals surface area contributed by atoms with E-state index < -0.39 is 29.2 Å². The van der Waals surface area contributed by atoms with Crippen LogP contribution in [0.1, 0.15) is 5.69 Å². The number of oxime groups is 1. The van der Waals surface area contributed by atoms with Gasteiger partial charge >= 0.3 is 5.97 Å². The number of carboxylic acids is 1. The van der Waals surface area contributed by atoms with E-state index in [1.54, 1.807) is 0 Å². The van der Waals surface area contributed by atoms with Crippen molar-refractivity contribution < 1.29 is 29.4 Å². The van der Waals surface area contributed by atoms with E-state index in [-0.39, 0.29) is 54.3 Å². The van der Waals surface area contributed by atoms with Crippen LogP contribution >= 0.6 is 34.9 Å². The van der Waals surface area contributed by atoms with Crippen LogP contribution in [0.4, 0.5) is 5.13 Å². The number of rotatable bonds is 12. The number of thioether (sulfide) groups is 2. The fourth-order valence-electron chi connectivity index (χ4n) is 3.45. The summed E-state index contributed by atoms with van der Waals surface area (Å²) in [5.74, 6) is -2.03. The van der Waals surface area contributed by atoms with Crippen LogP contribution in [0.2, 0.25) is 0 Å². The van der Waals surface area contributed by atoms with E-state index >= 15 is 0 Å². The molecule has 4 heterocycles. The van der Waals surface area contributed by atoms with E-state index in [0.717, 1.165) is 16.2 Å². The van der Waals surface area contributed by atoms with Crippen molar-refractivity contribution in [3.05, 3.63) is 22.3 Å². The molecule has 0 radical (unpaired) electrons. The fraction of sp³-hybridized carbons (Fsp3) is 0.444. The van der Waals surface area contributed by atoms with E-state index in [1.807, 2.05) is 0 Å². The number of nitrogens with two attached hydrogens (primary N) is 2. The summed E-state index contributed by atoms with van der Waals surface area (Å²) in [4.78, 5) is 48.3. The summed E-state index contributed by atoms with van der Waals surface area (Å²) in [6.45, 7) is 0.271.